The number of oxime groups is 2. The van der Waals surface area contributed by atoms with Crippen LogP contribution in [-0.4, -0.2) is 43.8 Å². The molecule has 0 aromatic heterocycles. The van der Waals surface area contributed by atoms with Gasteiger partial charge in [0.05, 0.1) is 11.4 Å². The second-order valence-electron chi connectivity index (χ2n) is 4.90. The van der Waals surface area contributed by atoms with E-state index in [0.29, 0.717) is 19.4 Å². The molecule has 0 heterocycles. The Morgan fingerprint density at radius 2 is 1.48 bits per heavy atom. The lowest BCUT2D eigenvalue weighted by Crippen LogP contribution is -2.27. The summed E-state index contributed by atoms with van der Waals surface area (Å²) in [6, 6.07) is 0. The Morgan fingerprint density at radius 3 is 1.81 bits per heavy atom. The van der Waals surface area contributed by atoms with Gasteiger partial charge >= 0.3 is 9.28 Å². The highest BCUT2D eigenvalue weighted by Crippen LogP contribution is 2.14. The fourth-order valence-corrected chi connectivity index (χ4v) is 3.44. The maximum absolute atomic E-state index is 8.88. The molecule has 124 valence electrons. The van der Waals surface area contributed by atoms with Crippen LogP contribution in [0.3, 0.4) is 0 Å². The number of hydrogen-bond donors (Lipinski definition) is 2. The SMILES string of the molecule is CCO[SiH](C)OC(CCC(CC)=NO)CCC(CC)=NO. The molecule has 2 N–H and O–H groups in total. The lowest BCUT2D eigenvalue weighted by atomic mass is 10.0. The molecule has 0 aliphatic heterocycles. The normalized spacial score (nSPS) is 16.0. The number of hydrogen-bond acceptors (Lipinski definition) is 6. The van der Waals surface area contributed by atoms with Crippen LogP contribution in [0.5, 0.6) is 0 Å². The molecule has 0 bridgehead atoms. The van der Waals surface area contributed by atoms with E-state index in [4.69, 9.17) is 19.3 Å². The molecule has 0 spiro atoms. The molecule has 0 rings (SSSR count). The smallest absolute Gasteiger partial charge is 0.318 e. The highest BCUT2D eigenvalue weighted by molar-refractivity contribution is 6.42. The Kier molecular flexibility index (Phi) is 12.2. The summed E-state index contributed by atoms with van der Waals surface area (Å²) >= 11 is 0. The highest BCUT2D eigenvalue weighted by Gasteiger charge is 2.17. The van der Waals surface area contributed by atoms with Crippen LogP contribution < -0.4 is 0 Å². The number of rotatable bonds is 12. The van der Waals surface area contributed by atoms with Crippen molar-refractivity contribution in [2.45, 2.75) is 71.9 Å². The Bertz CT molecular complexity index is 300. The molecule has 0 radical (unpaired) electrons. The maximum Gasteiger partial charge on any atom is 0.318 e. The van der Waals surface area contributed by atoms with Gasteiger partial charge in [-0.2, -0.15) is 0 Å². The van der Waals surface area contributed by atoms with E-state index in [9.17, 15) is 0 Å². The van der Waals surface area contributed by atoms with Crippen molar-refractivity contribution in [3.05, 3.63) is 0 Å². The summed E-state index contributed by atoms with van der Waals surface area (Å²) in [5.41, 5.74) is 1.56. The van der Waals surface area contributed by atoms with E-state index in [1.807, 2.05) is 27.3 Å². The van der Waals surface area contributed by atoms with Crippen LogP contribution in [0.25, 0.3) is 0 Å². The van der Waals surface area contributed by atoms with Gasteiger partial charge < -0.3 is 19.3 Å². The first-order chi connectivity index (χ1) is 10.1. The van der Waals surface area contributed by atoms with Crippen LogP contribution >= 0.6 is 0 Å². The molecule has 21 heavy (non-hydrogen) atoms. The third kappa shape index (κ3) is 9.60. The number of nitrogens with zero attached hydrogens (tertiary/aromatic N) is 2. The molecule has 0 saturated heterocycles. The lowest BCUT2D eigenvalue weighted by Gasteiger charge is -2.22. The van der Waals surface area contributed by atoms with Crippen molar-refractivity contribution < 1.29 is 19.3 Å². The van der Waals surface area contributed by atoms with E-state index < -0.39 is 9.28 Å². The third-order valence-electron chi connectivity index (χ3n) is 3.39. The molecular formula is C14H30N2O4Si. The van der Waals surface area contributed by atoms with Crippen molar-refractivity contribution >= 4 is 20.7 Å². The summed E-state index contributed by atoms with van der Waals surface area (Å²) in [6.07, 6.45) is 4.52. The first-order valence-electron chi connectivity index (χ1n) is 7.77. The van der Waals surface area contributed by atoms with Crippen molar-refractivity contribution in [3.8, 4) is 0 Å². The van der Waals surface area contributed by atoms with Gasteiger partial charge in [0.2, 0.25) is 0 Å². The molecule has 0 aliphatic carbocycles. The predicted molar refractivity (Wildman–Crippen MR) is 87.0 cm³/mol. The Morgan fingerprint density at radius 1 is 1.00 bits per heavy atom. The van der Waals surface area contributed by atoms with E-state index in [1.54, 1.807) is 0 Å². The van der Waals surface area contributed by atoms with Gasteiger partial charge in [0.1, 0.15) is 0 Å². The maximum atomic E-state index is 8.88. The van der Waals surface area contributed by atoms with Gasteiger partial charge in [-0.1, -0.05) is 24.2 Å². The zero-order valence-electron chi connectivity index (χ0n) is 13.7. The van der Waals surface area contributed by atoms with E-state index in [2.05, 4.69) is 10.3 Å². The minimum absolute atomic E-state index is 0.0461. The Hall–Kier alpha value is -0.923. The molecule has 1 atom stereocenters. The van der Waals surface area contributed by atoms with Gasteiger partial charge in [-0.15, -0.1) is 0 Å². The molecular weight excluding hydrogens is 288 g/mol. The van der Waals surface area contributed by atoms with Crippen molar-refractivity contribution in [1.82, 2.24) is 0 Å². The monoisotopic (exact) mass is 318 g/mol. The zero-order valence-corrected chi connectivity index (χ0v) is 14.9. The first kappa shape index (κ1) is 20.1. The van der Waals surface area contributed by atoms with Gasteiger partial charge in [-0.3, -0.25) is 0 Å². The molecule has 7 heteroatoms. The fourth-order valence-electron chi connectivity index (χ4n) is 2.08. The van der Waals surface area contributed by atoms with Crippen molar-refractivity contribution in [3.63, 3.8) is 0 Å². The summed E-state index contributed by atoms with van der Waals surface area (Å²) in [7, 11) is -1.63. The molecule has 6 nitrogen and oxygen atoms in total. The van der Waals surface area contributed by atoms with E-state index in [-0.39, 0.29) is 6.10 Å². The summed E-state index contributed by atoms with van der Waals surface area (Å²) in [5, 5.41) is 24.4. The van der Waals surface area contributed by atoms with Crippen LogP contribution in [-0.2, 0) is 8.85 Å². The van der Waals surface area contributed by atoms with Crippen LogP contribution in [0.15, 0.2) is 10.3 Å². The highest BCUT2D eigenvalue weighted by atomic mass is 28.3. The standard InChI is InChI=1S/C14H30N2O4Si/c1-5-12(15-17)8-10-14(20-21(4)19-7-3)11-9-13(6-2)16-18/h14,17-18,21H,5-11H2,1-4H3. The van der Waals surface area contributed by atoms with Gasteiger partial charge in [-0.05, 0) is 52.0 Å². The minimum atomic E-state index is -1.63. The van der Waals surface area contributed by atoms with Crippen LogP contribution in [0.1, 0.15) is 59.3 Å². The van der Waals surface area contributed by atoms with Crippen molar-refractivity contribution in [2.24, 2.45) is 10.3 Å². The average Bonchev–Trinajstić information content (AvgIpc) is 2.49. The first-order valence-corrected chi connectivity index (χ1v) is 9.87. The van der Waals surface area contributed by atoms with Gasteiger partial charge in [0.15, 0.2) is 0 Å². The second kappa shape index (κ2) is 12.8. The summed E-state index contributed by atoms with van der Waals surface area (Å²) < 4.78 is 11.6. The molecule has 0 aromatic rings. The predicted octanol–water partition coefficient (Wildman–Crippen LogP) is 3.30. The third-order valence-corrected chi connectivity index (χ3v) is 4.97. The van der Waals surface area contributed by atoms with Crippen molar-refractivity contribution in [1.29, 1.82) is 0 Å². The molecule has 0 amide bonds. The second-order valence-corrected chi connectivity index (χ2v) is 6.64. The quantitative estimate of drug-likeness (QED) is 0.250. The van der Waals surface area contributed by atoms with Gasteiger partial charge in [0.25, 0.3) is 0 Å². The Balaban J connectivity index is 4.46. The van der Waals surface area contributed by atoms with Gasteiger partial charge in [0, 0.05) is 12.7 Å². The summed E-state index contributed by atoms with van der Waals surface area (Å²) in [6.45, 7) is 8.57. The van der Waals surface area contributed by atoms with Crippen LogP contribution in [0, 0.1) is 0 Å². The zero-order chi connectivity index (χ0) is 16.1. The molecule has 0 saturated carbocycles. The fraction of sp³-hybridized carbons (Fsp3) is 0.857. The minimum Gasteiger partial charge on any atom is -0.411 e. The van der Waals surface area contributed by atoms with E-state index >= 15 is 0 Å². The molecule has 0 aromatic carbocycles. The lowest BCUT2D eigenvalue weighted by molar-refractivity contribution is 0.131. The Labute approximate surface area is 129 Å². The average molecular weight is 318 g/mol. The summed E-state index contributed by atoms with van der Waals surface area (Å²) in [4.78, 5) is 0. The topological polar surface area (TPSA) is 83.6 Å². The molecule has 0 aliphatic rings. The summed E-state index contributed by atoms with van der Waals surface area (Å²) in [5.74, 6) is 0. The van der Waals surface area contributed by atoms with E-state index in [1.165, 1.54) is 0 Å². The molecule has 0 fully saturated rings. The largest absolute Gasteiger partial charge is 0.411 e. The van der Waals surface area contributed by atoms with Crippen LogP contribution in [0.2, 0.25) is 6.55 Å². The molecule has 1 unspecified atom stereocenters. The van der Waals surface area contributed by atoms with Gasteiger partial charge in [-0.25, -0.2) is 0 Å². The van der Waals surface area contributed by atoms with Crippen LogP contribution in [0.4, 0.5) is 0 Å². The van der Waals surface area contributed by atoms with E-state index in [0.717, 1.165) is 37.1 Å². The van der Waals surface area contributed by atoms with Crippen molar-refractivity contribution in [2.75, 3.05) is 6.61 Å².